The van der Waals surface area contributed by atoms with Gasteiger partial charge in [0, 0.05) is 19.7 Å². The number of nitrogens with one attached hydrogen (secondary N) is 1. The largest absolute Gasteiger partial charge is 0.360 e. The van der Waals surface area contributed by atoms with Crippen LogP contribution in [-0.4, -0.2) is 52.6 Å². The van der Waals surface area contributed by atoms with E-state index >= 15 is 0 Å². The third-order valence-electron chi connectivity index (χ3n) is 7.91. The number of amides is 5. The molecule has 2 spiro atoms. The van der Waals surface area contributed by atoms with Crippen molar-refractivity contribution in [3.63, 3.8) is 0 Å². The van der Waals surface area contributed by atoms with Gasteiger partial charge in [-0.1, -0.05) is 91.1 Å². The van der Waals surface area contributed by atoms with Gasteiger partial charge in [0.25, 0.3) is 17.7 Å². The Balaban J connectivity index is 1.63. The molecule has 5 amide bonds. The first-order valence-electron chi connectivity index (χ1n) is 12.2. The first-order valence-corrected chi connectivity index (χ1v) is 12.6. The van der Waals surface area contributed by atoms with E-state index in [0.717, 1.165) is 15.4 Å². The van der Waals surface area contributed by atoms with Crippen LogP contribution in [-0.2, 0) is 26.5 Å². The molecule has 3 aromatic rings. The average molecular weight is 525 g/mol. The molecule has 8 nitrogen and oxygen atoms in total. The maximum atomic E-state index is 14.7. The highest BCUT2D eigenvalue weighted by atomic mass is 32.1. The number of urea groups is 1. The highest BCUT2D eigenvalue weighted by Crippen LogP contribution is 2.61. The third-order valence-corrected chi connectivity index (χ3v) is 8.34. The van der Waals surface area contributed by atoms with Crippen molar-refractivity contribution in [3.05, 3.63) is 102 Å². The van der Waals surface area contributed by atoms with Crippen LogP contribution in [0, 0.1) is 5.41 Å². The minimum absolute atomic E-state index is 0.0720. The van der Waals surface area contributed by atoms with Gasteiger partial charge in [-0.15, -0.1) is 0 Å². The van der Waals surface area contributed by atoms with Gasteiger partial charge in [0.2, 0.25) is 0 Å². The molecule has 3 aliphatic rings. The molecule has 3 heterocycles. The first-order chi connectivity index (χ1) is 18.3. The summed E-state index contributed by atoms with van der Waals surface area (Å²) in [5.41, 5.74) is -0.729. The minimum Gasteiger partial charge on any atom is -0.360 e. The fourth-order valence-electron chi connectivity index (χ4n) is 6.21. The number of nitrogens with zero attached hydrogens (tertiary/aromatic N) is 3. The SMILES string of the molecule is CN1C(=O)N(C)C(=O)C2(C1=O)C(=S)N[C@]1(C(=O)N(Cc3ccccc3)c3ccccc31)[C@H]2c1ccccc1. The second kappa shape index (κ2) is 8.32. The highest BCUT2D eigenvalue weighted by Gasteiger charge is 2.76. The fraction of sp³-hybridized carbons (Fsp3) is 0.207. The van der Waals surface area contributed by atoms with Crippen molar-refractivity contribution in [1.82, 2.24) is 15.1 Å². The molecule has 0 unspecified atom stereocenters. The van der Waals surface area contributed by atoms with Crippen LogP contribution >= 0.6 is 12.2 Å². The number of carbonyl (C=O) groups excluding carboxylic acids is 4. The molecular formula is C29H24N4O4S. The summed E-state index contributed by atoms with van der Waals surface area (Å²) in [4.78, 5) is 58.9. The Morgan fingerprint density at radius 1 is 0.763 bits per heavy atom. The van der Waals surface area contributed by atoms with Crippen LogP contribution in [0.25, 0.3) is 0 Å². The molecule has 0 bridgehead atoms. The molecule has 38 heavy (non-hydrogen) atoms. The molecule has 2 atom stereocenters. The molecule has 6 rings (SSSR count). The number of carbonyl (C=O) groups is 4. The Hall–Kier alpha value is -4.37. The Bertz CT molecular complexity index is 1500. The topological polar surface area (TPSA) is 90.0 Å². The zero-order valence-corrected chi connectivity index (χ0v) is 21.6. The molecule has 0 radical (unpaired) electrons. The summed E-state index contributed by atoms with van der Waals surface area (Å²) in [5.74, 6) is -2.87. The third kappa shape index (κ3) is 2.87. The molecule has 3 aliphatic heterocycles. The monoisotopic (exact) mass is 524 g/mol. The number of benzene rings is 3. The number of hydrogen-bond acceptors (Lipinski definition) is 5. The van der Waals surface area contributed by atoms with E-state index in [0.29, 0.717) is 23.4 Å². The second-order valence-corrected chi connectivity index (χ2v) is 10.2. The maximum absolute atomic E-state index is 14.7. The van der Waals surface area contributed by atoms with Crippen LogP contribution in [0.2, 0.25) is 0 Å². The van der Waals surface area contributed by atoms with Crippen molar-refractivity contribution in [2.45, 2.75) is 18.0 Å². The smallest absolute Gasteiger partial charge is 0.332 e. The molecule has 0 saturated carbocycles. The van der Waals surface area contributed by atoms with Crippen LogP contribution in [0.15, 0.2) is 84.9 Å². The van der Waals surface area contributed by atoms with E-state index in [2.05, 4.69) is 5.32 Å². The molecule has 0 aromatic heterocycles. The molecule has 2 fully saturated rings. The predicted octanol–water partition coefficient (Wildman–Crippen LogP) is 3.18. The van der Waals surface area contributed by atoms with Crippen molar-refractivity contribution in [1.29, 1.82) is 0 Å². The van der Waals surface area contributed by atoms with Crippen LogP contribution in [0.4, 0.5) is 10.5 Å². The standard InChI is InChI=1S/C29H24N4O4S/c1-31-24(34)28(25(35)32(2)27(31)37)22(19-13-7-4-8-14-19)29(30-23(28)38)20-15-9-10-16-21(20)33(26(29)36)17-18-11-5-3-6-12-18/h3-16,22H,17H2,1-2H3,(H,30,38)/t22-,29-/m0/s1. The quantitative estimate of drug-likeness (QED) is 0.418. The summed E-state index contributed by atoms with van der Waals surface area (Å²) in [6.45, 7) is 0.293. The van der Waals surface area contributed by atoms with E-state index in [1.165, 1.54) is 14.1 Å². The lowest BCUT2D eigenvalue weighted by atomic mass is 9.63. The molecule has 3 aromatic carbocycles. The van der Waals surface area contributed by atoms with Crippen LogP contribution in [0.3, 0.4) is 0 Å². The normalized spacial score (nSPS) is 24.0. The Labute approximate surface area is 224 Å². The summed E-state index contributed by atoms with van der Waals surface area (Å²) >= 11 is 5.80. The zero-order valence-electron chi connectivity index (χ0n) is 20.8. The van der Waals surface area contributed by atoms with Crippen molar-refractivity contribution < 1.29 is 19.2 Å². The van der Waals surface area contributed by atoms with E-state index in [1.807, 2.05) is 60.7 Å². The van der Waals surface area contributed by atoms with Gasteiger partial charge >= 0.3 is 6.03 Å². The predicted molar refractivity (Wildman–Crippen MR) is 144 cm³/mol. The summed E-state index contributed by atoms with van der Waals surface area (Å²) in [7, 11) is 2.66. The van der Waals surface area contributed by atoms with Crippen LogP contribution in [0.5, 0.6) is 0 Å². The minimum atomic E-state index is -1.99. The number of imide groups is 2. The Kier molecular flexibility index (Phi) is 5.26. The number of anilines is 1. The number of barbiturate groups is 1. The van der Waals surface area contributed by atoms with Gasteiger partial charge in [-0.25, -0.2) is 4.79 Å². The van der Waals surface area contributed by atoms with E-state index in [-0.39, 0.29) is 10.9 Å². The number of para-hydroxylation sites is 1. The van der Waals surface area contributed by atoms with Gasteiger partial charge in [0.15, 0.2) is 11.0 Å². The van der Waals surface area contributed by atoms with Gasteiger partial charge in [0.1, 0.15) is 4.99 Å². The van der Waals surface area contributed by atoms with E-state index < -0.39 is 34.7 Å². The van der Waals surface area contributed by atoms with Crippen LogP contribution in [0.1, 0.15) is 22.6 Å². The van der Waals surface area contributed by atoms with Crippen molar-refractivity contribution in [2.24, 2.45) is 5.41 Å². The molecule has 9 heteroatoms. The molecule has 1 N–H and O–H groups in total. The van der Waals surface area contributed by atoms with Crippen molar-refractivity contribution >= 4 is 46.6 Å². The molecule has 190 valence electrons. The summed E-state index contributed by atoms with van der Waals surface area (Å²) < 4.78 is 0. The zero-order chi connectivity index (χ0) is 26.8. The summed E-state index contributed by atoms with van der Waals surface area (Å²) in [6, 6.07) is 25.2. The Morgan fingerprint density at radius 2 is 1.32 bits per heavy atom. The molecule has 2 saturated heterocycles. The molecule has 0 aliphatic carbocycles. The lowest BCUT2D eigenvalue weighted by molar-refractivity contribution is -0.153. The lowest BCUT2D eigenvalue weighted by Gasteiger charge is -2.43. The fourth-order valence-corrected chi connectivity index (χ4v) is 6.67. The van der Waals surface area contributed by atoms with Crippen molar-refractivity contribution in [2.75, 3.05) is 19.0 Å². The van der Waals surface area contributed by atoms with Crippen molar-refractivity contribution in [3.8, 4) is 0 Å². The van der Waals surface area contributed by atoms with Gasteiger partial charge in [-0.05, 0) is 17.2 Å². The number of hydrogen-bond donors (Lipinski definition) is 1. The van der Waals surface area contributed by atoms with Gasteiger partial charge < -0.3 is 10.2 Å². The average Bonchev–Trinajstić information content (AvgIpc) is 3.35. The van der Waals surface area contributed by atoms with Gasteiger partial charge in [-0.3, -0.25) is 24.2 Å². The number of rotatable bonds is 3. The highest BCUT2D eigenvalue weighted by molar-refractivity contribution is 7.80. The summed E-state index contributed by atoms with van der Waals surface area (Å²) in [6.07, 6.45) is 0. The maximum Gasteiger partial charge on any atom is 0.332 e. The van der Waals surface area contributed by atoms with E-state index in [1.54, 1.807) is 29.2 Å². The first kappa shape index (κ1) is 24.0. The van der Waals surface area contributed by atoms with Gasteiger partial charge in [0.05, 0.1) is 18.2 Å². The lowest BCUT2D eigenvalue weighted by Crippen LogP contribution is -2.66. The second-order valence-electron chi connectivity index (χ2n) is 9.82. The molecular weight excluding hydrogens is 500 g/mol. The van der Waals surface area contributed by atoms with Gasteiger partial charge in [-0.2, -0.15) is 0 Å². The van der Waals surface area contributed by atoms with E-state index in [9.17, 15) is 19.2 Å². The Morgan fingerprint density at radius 3 is 1.95 bits per heavy atom. The number of fused-ring (bicyclic) bond motifs is 2. The summed E-state index contributed by atoms with van der Waals surface area (Å²) in [5, 5.41) is 3.21. The van der Waals surface area contributed by atoms with Crippen LogP contribution < -0.4 is 10.2 Å². The van der Waals surface area contributed by atoms with E-state index in [4.69, 9.17) is 12.2 Å². The number of thiocarbonyl (C=S) groups is 1.